The first-order chi connectivity index (χ1) is 14.3. The van der Waals surface area contributed by atoms with E-state index in [0.29, 0.717) is 0 Å². The van der Waals surface area contributed by atoms with Crippen LogP contribution in [0.1, 0.15) is 0 Å². The van der Waals surface area contributed by atoms with Crippen molar-refractivity contribution in [2.45, 2.75) is 9.79 Å². The molecule has 0 heterocycles. The summed E-state index contributed by atoms with van der Waals surface area (Å²) in [5.74, 6) is 0. The average Bonchev–Trinajstić information content (AvgIpc) is 2.82. The molecule has 3 heteroatoms. The molecule has 0 aliphatic carbocycles. The number of rotatable bonds is 5. The van der Waals surface area contributed by atoms with E-state index in [9.17, 15) is 0 Å². The number of benzene rings is 4. The van der Waals surface area contributed by atoms with Gasteiger partial charge in [-0.3, -0.25) is 0 Å². The predicted octanol–water partition coefficient (Wildman–Crippen LogP) is 4.72. The van der Waals surface area contributed by atoms with Crippen molar-refractivity contribution < 1.29 is 0 Å². The van der Waals surface area contributed by atoms with Gasteiger partial charge in [0.2, 0.25) is 0 Å². The van der Waals surface area contributed by atoms with Crippen LogP contribution < -0.4 is 8.92 Å². The molecule has 0 bridgehead atoms. The monoisotopic (exact) mass is 462 g/mol. The van der Waals surface area contributed by atoms with Crippen LogP contribution in [-0.2, 0) is 9.41 Å². The van der Waals surface area contributed by atoms with Crippen molar-refractivity contribution in [1.29, 1.82) is 0 Å². The molecule has 4 aromatic carbocycles. The van der Waals surface area contributed by atoms with E-state index in [-0.39, 0.29) is 0 Å². The van der Waals surface area contributed by atoms with Gasteiger partial charge in [-0.15, -0.1) is 0 Å². The first-order valence-electron chi connectivity index (χ1n) is 9.56. The van der Waals surface area contributed by atoms with Gasteiger partial charge in [0.05, 0.1) is 0 Å². The van der Waals surface area contributed by atoms with Gasteiger partial charge in [-0.2, -0.15) is 0 Å². The SMILES string of the molecule is CN=S(=C[Se+](c1ccccc1)c1ccccc1)(c1ccccc1)c1ccccc1. The van der Waals surface area contributed by atoms with Gasteiger partial charge in [0, 0.05) is 0 Å². The van der Waals surface area contributed by atoms with Crippen LogP contribution in [0.15, 0.2) is 135 Å². The van der Waals surface area contributed by atoms with Gasteiger partial charge in [-0.25, -0.2) is 0 Å². The Hall–Kier alpha value is -2.58. The van der Waals surface area contributed by atoms with E-state index in [0.717, 1.165) is 0 Å². The summed E-state index contributed by atoms with van der Waals surface area (Å²) in [4.78, 5) is 2.57. The molecule has 0 aliphatic heterocycles. The van der Waals surface area contributed by atoms with Crippen molar-refractivity contribution in [2.24, 2.45) is 4.36 Å². The minimum atomic E-state index is -1.63. The van der Waals surface area contributed by atoms with Crippen LogP contribution in [0.4, 0.5) is 0 Å². The van der Waals surface area contributed by atoms with E-state index in [4.69, 9.17) is 4.36 Å². The van der Waals surface area contributed by atoms with Gasteiger partial charge in [-0.05, 0) is 0 Å². The summed E-state index contributed by atoms with van der Waals surface area (Å²) in [6, 6.07) is 43.4. The topological polar surface area (TPSA) is 12.4 Å². The van der Waals surface area contributed by atoms with Crippen molar-refractivity contribution in [3.05, 3.63) is 121 Å². The molecule has 0 saturated heterocycles. The molecule has 0 radical (unpaired) electrons. The Morgan fingerprint density at radius 1 is 0.552 bits per heavy atom. The third-order valence-electron chi connectivity index (χ3n) is 4.72. The van der Waals surface area contributed by atoms with Crippen LogP contribution in [0.3, 0.4) is 0 Å². The Labute approximate surface area is 178 Å². The minimum absolute atomic E-state index is 1.29. The van der Waals surface area contributed by atoms with Crippen LogP contribution in [-0.4, -0.2) is 25.2 Å². The molecule has 0 atom stereocenters. The zero-order valence-electron chi connectivity index (χ0n) is 16.4. The second-order valence-corrected chi connectivity index (χ2v) is 13.9. The molecule has 4 rings (SSSR count). The second kappa shape index (κ2) is 9.28. The first-order valence-corrected chi connectivity index (χ1v) is 13.9. The molecule has 0 unspecified atom stereocenters. The summed E-state index contributed by atoms with van der Waals surface area (Å²) >= 11 is -1.44. The summed E-state index contributed by atoms with van der Waals surface area (Å²) in [6.45, 7) is 0. The average molecular weight is 462 g/mol. The Bertz CT molecular complexity index is 1080. The summed E-state index contributed by atoms with van der Waals surface area (Å²) in [5, 5.41) is 0. The van der Waals surface area contributed by atoms with Crippen molar-refractivity contribution in [3.8, 4) is 0 Å². The maximum absolute atomic E-state index is 5.11. The molecule has 0 spiro atoms. The van der Waals surface area contributed by atoms with E-state index in [1.165, 1.54) is 18.7 Å². The third kappa shape index (κ3) is 4.23. The Morgan fingerprint density at radius 2 is 0.897 bits per heavy atom. The number of hydrogen-bond acceptors (Lipinski definition) is 1. The molecule has 1 nitrogen and oxygen atoms in total. The molecule has 0 N–H and O–H groups in total. The van der Waals surface area contributed by atoms with E-state index in [1.807, 2.05) is 7.05 Å². The third-order valence-corrected chi connectivity index (χ3v) is 14.0. The maximum atomic E-state index is 5.11. The summed E-state index contributed by atoms with van der Waals surface area (Å²) in [7, 11) is 0.345. The van der Waals surface area contributed by atoms with E-state index >= 15 is 0 Å². The van der Waals surface area contributed by atoms with Crippen LogP contribution in [0, 0.1) is 0 Å². The Kier molecular flexibility index (Phi) is 6.31. The number of nitrogens with zero attached hydrogens (tertiary/aromatic N) is 1. The molecule has 144 valence electrons. The Morgan fingerprint density at radius 3 is 1.24 bits per heavy atom. The molecule has 0 aliphatic rings. The standard InChI is InChI=1S/C26H24NSSe/c1-27-28(23-14-6-2-7-15-23,24-16-8-3-9-17-24)22-29(25-18-10-4-11-19-25)26-20-12-5-13-21-26/h2-22H,1H3/q+1. The molecular weight excluding hydrogens is 437 g/mol. The van der Waals surface area contributed by atoms with Crippen LogP contribution >= 0.6 is 0 Å². The zero-order chi connectivity index (χ0) is 19.9. The summed E-state index contributed by atoms with van der Waals surface area (Å²) in [6.07, 6.45) is 0. The van der Waals surface area contributed by atoms with Crippen molar-refractivity contribution >= 4 is 36.5 Å². The fraction of sp³-hybridized carbons (Fsp3) is 0.0385. The van der Waals surface area contributed by atoms with E-state index in [2.05, 4.69) is 126 Å². The molecule has 0 amide bonds. The molecular formula is C26H24NSSe+. The molecule has 0 aromatic heterocycles. The molecule has 0 fully saturated rings. The molecule has 29 heavy (non-hydrogen) atoms. The predicted molar refractivity (Wildman–Crippen MR) is 129 cm³/mol. The van der Waals surface area contributed by atoms with Gasteiger partial charge in [0.25, 0.3) is 0 Å². The van der Waals surface area contributed by atoms with Crippen molar-refractivity contribution in [1.82, 2.24) is 0 Å². The van der Waals surface area contributed by atoms with Crippen LogP contribution in [0.5, 0.6) is 0 Å². The Balaban J connectivity index is 2.05. The van der Waals surface area contributed by atoms with E-state index < -0.39 is 23.3 Å². The van der Waals surface area contributed by atoms with E-state index in [1.54, 1.807) is 0 Å². The zero-order valence-corrected chi connectivity index (χ0v) is 18.9. The van der Waals surface area contributed by atoms with Crippen molar-refractivity contribution in [2.75, 3.05) is 7.05 Å². The fourth-order valence-corrected chi connectivity index (χ4v) is 13.5. The fourth-order valence-electron chi connectivity index (χ4n) is 3.28. The van der Waals surface area contributed by atoms with Gasteiger partial charge in [0.15, 0.2) is 0 Å². The first kappa shape index (κ1) is 19.7. The molecule has 0 saturated carbocycles. The second-order valence-electron chi connectivity index (χ2n) is 6.49. The summed E-state index contributed by atoms with van der Waals surface area (Å²) in [5.41, 5.74) is 0. The van der Waals surface area contributed by atoms with Gasteiger partial charge in [0.1, 0.15) is 0 Å². The number of hydrogen-bond donors (Lipinski definition) is 0. The van der Waals surface area contributed by atoms with Crippen molar-refractivity contribution in [3.63, 3.8) is 0 Å². The quantitative estimate of drug-likeness (QED) is 0.301. The van der Waals surface area contributed by atoms with Gasteiger partial charge >= 0.3 is 179 Å². The molecule has 4 aromatic rings. The normalized spacial score (nSPS) is 11.2. The van der Waals surface area contributed by atoms with Gasteiger partial charge < -0.3 is 0 Å². The van der Waals surface area contributed by atoms with Crippen LogP contribution in [0.2, 0.25) is 0 Å². The van der Waals surface area contributed by atoms with Gasteiger partial charge in [-0.1, -0.05) is 0 Å². The van der Waals surface area contributed by atoms with Crippen LogP contribution in [0.25, 0.3) is 0 Å². The summed E-state index contributed by atoms with van der Waals surface area (Å²) < 4.78 is 10.5.